The van der Waals surface area contributed by atoms with Gasteiger partial charge in [-0.3, -0.25) is 9.59 Å². The van der Waals surface area contributed by atoms with Crippen molar-refractivity contribution >= 4 is 18.0 Å². The molecule has 1 aliphatic rings. The highest BCUT2D eigenvalue weighted by Crippen LogP contribution is 2.44. The third-order valence-corrected chi connectivity index (χ3v) is 5.19. The number of fused-ring (bicyclic) bond motifs is 3. The molecule has 0 unspecified atom stereocenters. The third-order valence-electron chi connectivity index (χ3n) is 5.19. The Hall–Kier alpha value is -3.35. The smallest absolute Gasteiger partial charge is 0.407 e. The first-order valence-corrected chi connectivity index (χ1v) is 10.1. The molecule has 0 bridgehead atoms. The molecule has 0 aliphatic heterocycles. The molecular formula is C23H26N2O5. The summed E-state index contributed by atoms with van der Waals surface area (Å²) in [5.41, 5.74) is 4.68. The summed E-state index contributed by atoms with van der Waals surface area (Å²) in [4.78, 5) is 34.4. The van der Waals surface area contributed by atoms with Crippen LogP contribution in [0.5, 0.6) is 0 Å². The molecule has 0 radical (unpaired) electrons. The van der Waals surface area contributed by atoms with Gasteiger partial charge in [-0.05, 0) is 42.0 Å². The summed E-state index contributed by atoms with van der Waals surface area (Å²) in [6.45, 7) is 2.06. The van der Waals surface area contributed by atoms with E-state index in [1.165, 1.54) is 18.1 Å². The Morgan fingerprint density at radius 3 is 2.20 bits per heavy atom. The second kappa shape index (κ2) is 9.91. The number of ether oxygens (including phenoxy) is 1. The van der Waals surface area contributed by atoms with Gasteiger partial charge in [0.1, 0.15) is 12.6 Å². The van der Waals surface area contributed by atoms with E-state index >= 15 is 0 Å². The average Bonchev–Trinajstić information content (AvgIpc) is 3.05. The molecule has 2 amide bonds. The van der Waals surface area contributed by atoms with Crippen LogP contribution in [0.3, 0.4) is 0 Å². The molecule has 2 aromatic rings. The molecule has 2 aromatic carbocycles. The number of carbonyl (C=O) groups excluding carboxylic acids is 2. The monoisotopic (exact) mass is 410 g/mol. The van der Waals surface area contributed by atoms with E-state index in [1.807, 2.05) is 24.3 Å². The molecule has 3 rings (SSSR count). The molecule has 1 atom stereocenters. The molecule has 7 nitrogen and oxygen atoms in total. The number of carboxylic acid groups (broad SMARTS) is 1. The predicted octanol–water partition coefficient (Wildman–Crippen LogP) is 3.28. The Morgan fingerprint density at radius 2 is 1.60 bits per heavy atom. The number of amides is 2. The Kier molecular flexibility index (Phi) is 7.06. The fraction of sp³-hybridized carbons (Fsp3) is 0.348. The molecule has 0 saturated carbocycles. The van der Waals surface area contributed by atoms with Gasteiger partial charge >= 0.3 is 12.1 Å². The van der Waals surface area contributed by atoms with Gasteiger partial charge in [0.2, 0.25) is 5.91 Å². The van der Waals surface area contributed by atoms with Crippen LogP contribution in [0.15, 0.2) is 48.5 Å². The van der Waals surface area contributed by atoms with Gasteiger partial charge in [-0.15, -0.1) is 0 Å². The molecule has 30 heavy (non-hydrogen) atoms. The van der Waals surface area contributed by atoms with Crippen LogP contribution in [0, 0.1) is 0 Å². The third kappa shape index (κ3) is 5.17. The molecule has 158 valence electrons. The van der Waals surface area contributed by atoms with Gasteiger partial charge in [0.25, 0.3) is 0 Å². The van der Waals surface area contributed by atoms with Gasteiger partial charge < -0.3 is 20.5 Å². The van der Waals surface area contributed by atoms with Crippen LogP contribution < -0.4 is 10.6 Å². The van der Waals surface area contributed by atoms with E-state index in [9.17, 15) is 14.4 Å². The summed E-state index contributed by atoms with van der Waals surface area (Å²) >= 11 is 0. The lowest BCUT2D eigenvalue weighted by atomic mass is 9.98. The van der Waals surface area contributed by atoms with Crippen molar-refractivity contribution in [1.82, 2.24) is 10.6 Å². The molecule has 7 heteroatoms. The van der Waals surface area contributed by atoms with Crippen LogP contribution >= 0.6 is 0 Å². The summed E-state index contributed by atoms with van der Waals surface area (Å²) in [6.07, 6.45) is 0.867. The van der Waals surface area contributed by atoms with E-state index in [2.05, 4.69) is 34.9 Å². The quantitative estimate of drug-likeness (QED) is 0.550. The number of nitrogens with one attached hydrogen (secondary N) is 2. The van der Waals surface area contributed by atoms with Crippen LogP contribution in [-0.2, 0) is 14.3 Å². The maximum atomic E-state index is 12.1. The molecule has 0 saturated heterocycles. The maximum absolute atomic E-state index is 12.1. The van der Waals surface area contributed by atoms with E-state index in [-0.39, 0.29) is 24.9 Å². The molecule has 0 spiro atoms. The number of hydrogen-bond acceptors (Lipinski definition) is 4. The summed E-state index contributed by atoms with van der Waals surface area (Å²) < 4.78 is 5.45. The molecule has 0 heterocycles. The number of carboxylic acids is 1. The molecular weight excluding hydrogens is 384 g/mol. The molecule has 0 aromatic heterocycles. The Balaban J connectivity index is 1.40. The number of unbranched alkanes of at least 4 members (excludes halogenated alkanes) is 1. The Labute approximate surface area is 175 Å². The van der Waals surface area contributed by atoms with Gasteiger partial charge in [-0.2, -0.15) is 0 Å². The van der Waals surface area contributed by atoms with Crippen LogP contribution in [0.2, 0.25) is 0 Å². The van der Waals surface area contributed by atoms with E-state index in [4.69, 9.17) is 9.84 Å². The number of hydrogen-bond donors (Lipinski definition) is 3. The first-order valence-electron chi connectivity index (χ1n) is 10.1. The second-order valence-corrected chi connectivity index (χ2v) is 7.34. The number of carbonyl (C=O) groups is 3. The van der Waals surface area contributed by atoms with Gasteiger partial charge in [-0.25, -0.2) is 4.79 Å². The van der Waals surface area contributed by atoms with Gasteiger partial charge in [0.05, 0.1) is 0 Å². The number of aliphatic carboxylic acids is 1. The molecule has 3 N–H and O–H groups in total. The zero-order valence-corrected chi connectivity index (χ0v) is 16.9. The van der Waals surface area contributed by atoms with Crippen molar-refractivity contribution in [2.45, 2.75) is 38.1 Å². The minimum Gasteiger partial charge on any atom is -0.480 e. The topological polar surface area (TPSA) is 105 Å². The average molecular weight is 410 g/mol. The highest BCUT2D eigenvalue weighted by molar-refractivity contribution is 5.83. The zero-order valence-electron chi connectivity index (χ0n) is 16.9. The highest BCUT2D eigenvalue weighted by Gasteiger charge is 2.28. The van der Waals surface area contributed by atoms with E-state index in [0.717, 1.165) is 11.1 Å². The highest BCUT2D eigenvalue weighted by atomic mass is 16.5. The van der Waals surface area contributed by atoms with Gasteiger partial charge in [0, 0.05) is 18.9 Å². The summed E-state index contributed by atoms with van der Waals surface area (Å²) in [5.74, 6) is -1.37. The van der Waals surface area contributed by atoms with Gasteiger partial charge in [-0.1, -0.05) is 48.5 Å². The lowest BCUT2D eigenvalue weighted by Gasteiger charge is -2.14. The van der Waals surface area contributed by atoms with Crippen molar-refractivity contribution in [3.63, 3.8) is 0 Å². The SMILES string of the molecule is C[C@@H](NC(=O)CCCCNC(=O)OCC1c2ccccc2-c2ccccc21)C(=O)O. The minimum atomic E-state index is -1.07. The van der Waals surface area contributed by atoms with E-state index < -0.39 is 18.1 Å². The molecule has 1 aliphatic carbocycles. The minimum absolute atomic E-state index is 0.0167. The van der Waals surface area contributed by atoms with Crippen LogP contribution in [0.4, 0.5) is 4.79 Å². The Bertz CT molecular complexity index is 882. The predicted molar refractivity (Wildman–Crippen MR) is 112 cm³/mol. The van der Waals surface area contributed by atoms with Crippen molar-refractivity contribution in [2.24, 2.45) is 0 Å². The molecule has 0 fully saturated rings. The summed E-state index contributed by atoms with van der Waals surface area (Å²) in [7, 11) is 0. The van der Waals surface area contributed by atoms with E-state index in [0.29, 0.717) is 19.4 Å². The lowest BCUT2D eigenvalue weighted by molar-refractivity contribution is -0.141. The number of rotatable bonds is 9. The maximum Gasteiger partial charge on any atom is 0.407 e. The standard InChI is InChI=1S/C23H26N2O5/c1-15(22(27)28)25-21(26)12-6-7-13-24-23(29)30-14-20-18-10-4-2-8-16(18)17-9-3-5-11-19(17)20/h2-5,8-11,15,20H,6-7,12-14H2,1H3,(H,24,29)(H,25,26)(H,27,28)/t15-/m1/s1. The van der Waals surface area contributed by atoms with Crippen molar-refractivity contribution in [2.75, 3.05) is 13.2 Å². The zero-order chi connectivity index (χ0) is 21.5. The van der Waals surface area contributed by atoms with Crippen LogP contribution in [0.25, 0.3) is 11.1 Å². The summed E-state index contributed by atoms with van der Waals surface area (Å²) in [5, 5.41) is 13.9. The van der Waals surface area contributed by atoms with E-state index in [1.54, 1.807) is 0 Å². The lowest BCUT2D eigenvalue weighted by Crippen LogP contribution is -2.38. The first-order chi connectivity index (χ1) is 14.5. The normalized spacial score (nSPS) is 13.1. The van der Waals surface area contributed by atoms with Crippen molar-refractivity contribution in [1.29, 1.82) is 0 Å². The number of benzene rings is 2. The Morgan fingerprint density at radius 1 is 1.00 bits per heavy atom. The van der Waals surface area contributed by atoms with Crippen molar-refractivity contribution < 1.29 is 24.2 Å². The second-order valence-electron chi connectivity index (χ2n) is 7.34. The first kappa shape index (κ1) is 21.4. The van der Waals surface area contributed by atoms with Crippen molar-refractivity contribution in [3.05, 3.63) is 59.7 Å². The van der Waals surface area contributed by atoms with Gasteiger partial charge in [0.15, 0.2) is 0 Å². The van der Waals surface area contributed by atoms with Crippen LogP contribution in [-0.4, -0.2) is 42.3 Å². The summed E-state index contributed by atoms with van der Waals surface area (Å²) in [6, 6.07) is 15.4. The van der Waals surface area contributed by atoms with Crippen LogP contribution in [0.1, 0.15) is 43.2 Å². The number of alkyl carbamates (subject to hydrolysis) is 1. The fourth-order valence-electron chi connectivity index (χ4n) is 3.63. The fourth-order valence-corrected chi connectivity index (χ4v) is 3.63. The van der Waals surface area contributed by atoms with Crippen molar-refractivity contribution in [3.8, 4) is 11.1 Å². The largest absolute Gasteiger partial charge is 0.480 e.